The molecule has 0 aromatic carbocycles. The van der Waals surface area contributed by atoms with Gasteiger partial charge in [0, 0.05) is 4.99 Å². The molecule has 0 heterocycles. The van der Waals surface area contributed by atoms with Gasteiger partial charge in [-0.3, -0.25) is 0 Å². The third-order valence-corrected chi connectivity index (χ3v) is 3.95. The largest absolute Gasteiger partial charge is 0.369 e. The number of rotatable bonds is 1. The summed E-state index contributed by atoms with van der Waals surface area (Å²) in [6.45, 7) is 1.86. The zero-order chi connectivity index (χ0) is 5.15. The van der Waals surface area contributed by atoms with E-state index < -0.39 is 7.84 Å². The minimum absolute atomic E-state index is 0.130. The predicted octanol–water partition coefficient (Wildman–Crippen LogP) is 1.44. The maximum atomic E-state index is 8.58. The molecule has 0 amide bonds. The topological polar surface area (TPSA) is 20.2 Å². The van der Waals surface area contributed by atoms with E-state index >= 15 is 0 Å². The fourth-order valence-electron chi connectivity index (χ4n) is 0. The molecule has 0 aliphatic carbocycles. The van der Waals surface area contributed by atoms with Crippen molar-refractivity contribution in [2.75, 3.05) is 0 Å². The van der Waals surface area contributed by atoms with E-state index in [-0.39, 0.29) is 4.99 Å². The third kappa shape index (κ3) is 3.36. The summed E-state index contributed by atoms with van der Waals surface area (Å²) in [7, 11) is 1.44. The SMILES string of the molecule is CC(S)P(O)P. The Kier molecular flexibility index (Phi) is 3.83. The Labute approximate surface area is 46.9 Å². The Balaban J connectivity index is 2.99. The van der Waals surface area contributed by atoms with E-state index in [0.717, 1.165) is 0 Å². The van der Waals surface area contributed by atoms with Gasteiger partial charge < -0.3 is 4.89 Å². The van der Waals surface area contributed by atoms with Crippen LogP contribution in [0.15, 0.2) is 0 Å². The Morgan fingerprint density at radius 3 is 2.17 bits per heavy atom. The van der Waals surface area contributed by atoms with E-state index in [9.17, 15) is 0 Å². The molecular formula is C2H8OP2S. The molecule has 3 unspecified atom stereocenters. The fraction of sp³-hybridized carbons (Fsp3) is 1.00. The summed E-state index contributed by atoms with van der Waals surface area (Å²) in [5.41, 5.74) is 0. The maximum Gasteiger partial charge on any atom is 0.0554 e. The molecule has 0 saturated carbocycles. The van der Waals surface area contributed by atoms with Crippen LogP contribution in [0.3, 0.4) is 0 Å². The monoisotopic (exact) mass is 142 g/mol. The van der Waals surface area contributed by atoms with Crippen LogP contribution >= 0.6 is 29.4 Å². The average Bonchev–Trinajstić information content (AvgIpc) is 1.36. The molecule has 3 atom stereocenters. The second kappa shape index (κ2) is 3.21. The summed E-state index contributed by atoms with van der Waals surface area (Å²) in [5, 5.41) is 0. The van der Waals surface area contributed by atoms with Gasteiger partial charge in [-0.1, -0.05) is 8.93 Å². The van der Waals surface area contributed by atoms with Crippen LogP contribution in [-0.4, -0.2) is 9.88 Å². The highest BCUT2D eigenvalue weighted by Gasteiger charge is 1.99. The van der Waals surface area contributed by atoms with Crippen molar-refractivity contribution in [3.8, 4) is 0 Å². The number of hydrogen-bond acceptors (Lipinski definition) is 2. The second-order valence-corrected chi connectivity index (χ2v) is 5.32. The molecular weight excluding hydrogens is 134 g/mol. The van der Waals surface area contributed by atoms with Crippen molar-refractivity contribution < 1.29 is 4.89 Å². The Morgan fingerprint density at radius 2 is 2.17 bits per heavy atom. The molecule has 0 spiro atoms. The fourth-order valence-corrected chi connectivity index (χ4v) is 0. The van der Waals surface area contributed by atoms with Gasteiger partial charge in [-0.05, 0) is 6.92 Å². The Hall–Kier alpha value is 1.17. The maximum absolute atomic E-state index is 8.58. The van der Waals surface area contributed by atoms with Crippen LogP contribution in [0.2, 0.25) is 0 Å². The van der Waals surface area contributed by atoms with Gasteiger partial charge in [-0.2, -0.15) is 12.6 Å². The van der Waals surface area contributed by atoms with Gasteiger partial charge in [-0.15, -0.1) is 0 Å². The standard InChI is InChI=1S/C2H8OP2S/c1-2(6)5(3)4/h2-3,6H,4H2,1H3. The summed E-state index contributed by atoms with van der Waals surface area (Å²) in [6.07, 6.45) is 0. The van der Waals surface area contributed by atoms with E-state index in [1.807, 2.05) is 6.92 Å². The van der Waals surface area contributed by atoms with Gasteiger partial charge in [0.25, 0.3) is 0 Å². The summed E-state index contributed by atoms with van der Waals surface area (Å²) >= 11 is 3.95. The molecule has 1 nitrogen and oxygen atoms in total. The van der Waals surface area contributed by atoms with Crippen molar-refractivity contribution in [2.45, 2.75) is 11.9 Å². The molecule has 0 fully saturated rings. The molecule has 6 heavy (non-hydrogen) atoms. The lowest BCUT2D eigenvalue weighted by Gasteiger charge is -2.03. The van der Waals surface area contributed by atoms with Gasteiger partial charge in [0.2, 0.25) is 0 Å². The summed E-state index contributed by atoms with van der Waals surface area (Å²) < 4.78 is 0. The van der Waals surface area contributed by atoms with Crippen LogP contribution in [0, 0.1) is 0 Å². The average molecular weight is 142 g/mol. The molecule has 0 aromatic rings. The molecule has 38 valence electrons. The molecule has 0 aliphatic heterocycles. The van der Waals surface area contributed by atoms with Gasteiger partial charge in [-0.25, -0.2) is 0 Å². The zero-order valence-electron chi connectivity index (χ0n) is 3.50. The normalized spacial score (nSPS) is 20.0. The summed E-state index contributed by atoms with van der Waals surface area (Å²) in [6, 6.07) is 0. The smallest absolute Gasteiger partial charge is 0.0554 e. The molecule has 1 N–H and O–H groups in total. The van der Waals surface area contributed by atoms with Gasteiger partial charge in [0.15, 0.2) is 0 Å². The molecule has 0 rings (SSSR count). The van der Waals surface area contributed by atoms with Crippen LogP contribution in [0.5, 0.6) is 0 Å². The third-order valence-electron chi connectivity index (χ3n) is 0.383. The lowest BCUT2D eigenvalue weighted by atomic mass is 11.0. The Morgan fingerprint density at radius 1 is 2.00 bits per heavy atom. The highest BCUT2D eigenvalue weighted by molar-refractivity contribution is 8.16. The first kappa shape index (κ1) is 7.17. The van der Waals surface area contributed by atoms with E-state index in [4.69, 9.17) is 4.89 Å². The van der Waals surface area contributed by atoms with E-state index in [1.165, 1.54) is 0 Å². The van der Waals surface area contributed by atoms with Crippen LogP contribution in [-0.2, 0) is 0 Å². The van der Waals surface area contributed by atoms with Crippen LogP contribution in [0.25, 0.3) is 0 Å². The predicted molar refractivity (Wildman–Crippen MR) is 37.3 cm³/mol. The Bertz CT molecular complexity index is 32.5. The number of hydrogen-bond donors (Lipinski definition) is 2. The van der Waals surface area contributed by atoms with Crippen LogP contribution in [0.1, 0.15) is 6.92 Å². The van der Waals surface area contributed by atoms with E-state index in [0.29, 0.717) is 0 Å². The minimum atomic E-state index is -0.879. The molecule has 0 saturated heterocycles. The highest BCUT2D eigenvalue weighted by Crippen LogP contribution is 2.45. The van der Waals surface area contributed by atoms with Crippen LogP contribution < -0.4 is 0 Å². The quantitative estimate of drug-likeness (QED) is 0.419. The number of thiol groups is 1. The highest BCUT2D eigenvalue weighted by atomic mass is 32.1. The van der Waals surface area contributed by atoms with Crippen molar-refractivity contribution in [3.05, 3.63) is 0 Å². The van der Waals surface area contributed by atoms with Crippen molar-refractivity contribution in [1.29, 1.82) is 0 Å². The van der Waals surface area contributed by atoms with Crippen LogP contribution in [0.4, 0.5) is 0 Å². The van der Waals surface area contributed by atoms with Crippen molar-refractivity contribution in [1.82, 2.24) is 0 Å². The van der Waals surface area contributed by atoms with Gasteiger partial charge in [0.1, 0.15) is 0 Å². The van der Waals surface area contributed by atoms with Crippen molar-refractivity contribution in [3.63, 3.8) is 0 Å². The molecule has 0 aromatic heterocycles. The minimum Gasteiger partial charge on any atom is -0.369 e. The first-order valence-electron chi connectivity index (χ1n) is 1.55. The first-order valence-corrected chi connectivity index (χ1v) is 5.05. The second-order valence-electron chi connectivity index (χ2n) is 1.01. The van der Waals surface area contributed by atoms with Gasteiger partial charge in [0.05, 0.1) is 7.84 Å². The summed E-state index contributed by atoms with van der Waals surface area (Å²) in [4.78, 5) is 8.71. The first-order chi connectivity index (χ1) is 2.64. The van der Waals surface area contributed by atoms with Gasteiger partial charge >= 0.3 is 0 Å². The van der Waals surface area contributed by atoms with E-state index in [1.54, 1.807) is 0 Å². The van der Waals surface area contributed by atoms with Crippen molar-refractivity contribution >= 4 is 29.4 Å². The molecule has 4 heteroatoms. The molecule has 0 bridgehead atoms. The zero-order valence-corrected chi connectivity index (χ0v) is 6.44. The molecule has 0 aliphatic rings. The summed E-state index contributed by atoms with van der Waals surface area (Å²) in [5.74, 6) is 0. The van der Waals surface area contributed by atoms with E-state index in [2.05, 4.69) is 21.6 Å². The lowest BCUT2D eigenvalue weighted by molar-refractivity contribution is 0.639. The lowest BCUT2D eigenvalue weighted by Crippen LogP contribution is -1.77. The van der Waals surface area contributed by atoms with Crippen molar-refractivity contribution in [2.24, 2.45) is 0 Å². The molecule has 0 radical (unpaired) electrons.